The van der Waals surface area contributed by atoms with Crippen molar-refractivity contribution in [3.05, 3.63) is 399 Å². The van der Waals surface area contributed by atoms with E-state index < -0.39 is 57.5 Å². The van der Waals surface area contributed by atoms with Gasteiger partial charge in [-0.05, 0) is 208 Å². The molecule has 38 nitrogen and oxygen atoms in total. The summed E-state index contributed by atoms with van der Waals surface area (Å²) in [6.45, 7) is 6.45. The number of para-hydroxylation sites is 1. The number of furan rings is 7. The van der Waals surface area contributed by atoms with Crippen molar-refractivity contribution in [3.63, 3.8) is 0 Å². The number of thiophene rings is 1. The van der Waals surface area contributed by atoms with Crippen molar-refractivity contribution < 1.29 is 97.4 Å². The Labute approximate surface area is 776 Å². The molecule has 0 unspecified atom stereocenters. The van der Waals surface area contributed by atoms with Crippen molar-refractivity contribution in [2.75, 3.05) is 23.8 Å². The third-order valence-corrected chi connectivity index (χ3v) is 17.4. The van der Waals surface area contributed by atoms with Gasteiger partial charge in [-0.15, -0.1) is 11.3 Å². The molecule has 0 radical (unpaired) electrons. The van der Waals surface area contributed by atoms with Gasteiger partial charge in [-0.3, -0.25) is 63.4 Å². The van der Waals surface area contributed by atoms with Crippen molar-refractivity contribution in [2.45, 2.75) is 27.7 Å². The van der Waals surface area contributed by atoms with Gasteiger partial charge in [0.15, 0.2) is 18.1 Å². The zero-order valence-corrected chi connectivity index (χ0v) is 73.7. The number of ether oxygens (including phenoxy) is 1. The van der Waals surface area contributed by atoms with Crippen LogP contribution in [0.25, 0.3) is 6.08 Å². The summed E-state index contributed by atoms with van der Waals surface area (Å²) < 4.78 is 67.9. The highest BCUT2D eigenvalue weighted by atomic mass is 79.9. The van der Waals surface area contributed by atoms with E-state index in [1.165, 1.54) is 98.1 Å². The lowest BCUT2D eigenvalue weighted by molar-refractivity contribution is -0.402. The molecule has 14 aromatic rings. The molecule has 0 saturated heterocycles. The van der Waals surface area contributed by atoms with Crippen LogP contribution in [0.5, 0.6) is 5.75 Å². The molecule has 9 N–H and O–H groups in total. The topological polar surface area (TPSA) is 524 Å². The fourth-order valence-corrected chi connectivity index (χ4v) is 10.8. The van der Waals surface area contributed by atoms with Gasteiger partial charge < -0.3 is 51.6 Å². The number of carbonyl (C=O) groups excluding carboxylic acids is 9. The number of anilines is 2. The summed E-state index contributed by atoms with van der Waals surface area (Å²) in [6.07, 6.45) is 16.4. The molecule has 8 heterocycles. The summed E-state index contributed by atoms with van der Waals surface area (Å²) >= 11 is 10.5. The van der Waals surface area contributed by atoms with Crippen molar-refractivity contribution in [3.8, 4) is 5.75 Å². The number of rotatable bonds is 28. The monoisotopic (exact) mass is 1930 g/mol. The predicted octanol–water partition coefficient (Wildman–Crippen LogP) is 16.8. The van der Waals surface area contributed by atoms with Gasteiger partial charge in [0, 0.05) is 45.0 Å². The van der Waals surface area contributed by atoms with Gasteiger partial charge in [0.2, 0.25) is 5.91 Å². The lowest BCUT2D eigenvalue weighted by atomic mass is 10.1. The molecule has 43 heteroatoms. The van der Waals surface area contributed by atoms with Gasteiger partial charge in [0.25, 0.3) is 47.3 Å². The molecule has 134 heavy (non-hydrogen) atoms. The second kappa shape index (κ2) is 55.1. The number of hydrogen-bond donors (Lipinski definition) is 9. The zero-order chi connectivity index (χ0) is 96.4. The molecule has 6 aromatic carbocycles. The predicted molar refractivity (Wildman–Crippen MR) is 496 cm³/mol. The number of benzene rings is 6. The van der Waals surface area contributed by atoms with E-state index in [1.807, 2.05) is 62.5 Å². The highest BCUT2D eigenvalue weighted by molar-refractivity contribution is 9.10. The zero-order valence-electron chi connectivity index (χ0n) is 70.5. The third-order valence-electron chi connectivity index (χ3n) is 15.8. The second-order valence-electron chi connectivity index (χ2n) is 26.0. The van der Waals surface area contributed by atoms with Crippen molar-refractivity contribution >= 4 is 159 Å². The van der Waals surface area contributed by atoms with Crippen LogP contribution < -0.4 is 53.2 Å². The molecule has 0 aliphatic heterocycles. The molecule has 0 saturated carbocycles. The van der Waals surface area contributed by atoms with Gasteiger partial charge in [-0.2, -0.15) is 30.6 Å². The van der Waals surface area contributed by atoms with E-state index in [4.69, 9.17) is 42.8 Å². The lowest BCUT2D eigenvalue weighted by Crippen LogP contribution is -2.35. The summed E-state index contributed by atoms with van der Waals surface area (Å²) in [7, 11) is 0. The minimum absolute atomic E-state index is 0.0263. The maximum atomic E-state index is 13.4. The molecule has 686 valence electrons. The number of allylic oxidation sites excluding steroid dienone is 1. The first kappa shape index (κ1) is 102. The Hall–Kier alpha value is -17.8. The summed E-state index contributed by atoms with van der Waals surface area (Å²) in [4.78, 5) is 124. The van der Waals surface area contributed by atoms with E-state index in [9.17, 15) is 72.2 Å². The van der Waals surface area contributed by atoms with Gasteiger partial charge >= 0.3 is 11.8 Å². The fourth-order valence-electron chi connectivity index (χ4n) is 9.65. The fraction of sp³-hybridized carbons (Fsp3) is 0.0659. The maximum Gasteiger partial charge on any atom is 0.433 e. The number of nitrogens with zero attached hydrogens (tertiary/aromatic N) is 8. The van der Waals surface area contributed by atoms with Crippen LogP contribution >= 0.6 is 38.9 Å². The summed E-state index contributed by atoms with van der Waals surface area (Å²) in [5.74, 6) is -1.22. The quantitative estimate of drug-likeness (QED) is 0.0125. The Balaban J connectivity index is 0.000000193. The molecular formula is C91H77BrClF2N17O21S. The van der Waals surface area contributed by atoms with Crippen LogP contribution in [0, 0.1) is 52.6 Å². The molecule has 0 spiro atoms. The van der Waals surface area contributed by atoms with Crippen molar-refractivity contribution in [1.29, 1.82) is 0 Å². The Morgan fingerprint density at radius 2 is 0.985 bits per heavy atom. The van der Waals surface area contributed by atoms with Gasteiger partial charge in [0.05, 0.1) is 84.7 Å². The van der Waals surface area contributed by atoms with Crippen LogP contribution in [0.15, 0.2) is 339 Å². The van der Waals surface area contributed by atoms with Gasteiger partial charge in [-0.25, -0.2) is 41.3 Å². The normalized spacial score (nSPS) is 10.6. The highest BCUT2D eigenvalue weighted by Crippen LogP contribution is 2.22. The number of hydrogen-bond acceptors (Lipinski definition) is 28. The SMILES string of the molecule is CC(=O)Nc1cccc(C(=O)N/N=C/c2ccc(C)o2)c1.Cc1ccc(/C=N/NC(=O)COc2cccc(Cl)c2)o1.Cc1ccc(C(=O)N/N=C\c2ccco2)cc1.O=C(CNC(=O)c1ccccc1F)N/N=C/c1ccc([N+](=O)[O-])o1.O=C(N/N=C/C=C\c1ccco1)c1cccs1.O=C(N/N=C/c1ccco1)c1cccc(Br)c1.O=C(Nc1ccccc1F)c1ccc([N+](=O)[O-])o1. The van der Waals surface area contributed by atoms with E-state index in [-0.39, 0.29) is 64.8 Å². The Kier molecular flexibility index (Phi) is 41.7. The summed E-state index contributed by atoms with van der Waals surface area (Å²) in [6, 6.07) is 64.6. The smallest absolute Gasteiger partial charge is 0.433 e. The molecule has 0 bridgehead atoms. The molecular weight excluding hydrogens is 1850 g/mol. The number of aryl methyl sites for hydroxylation is 3. The largest absolute Gasteiger partial charge is 0.484 e. The second-order valence-corrected chi connectivity index (χ2v) is 28.3. The van der Waals surface area contributed by atoms with Crippen molar-refractivity contribution in [1.82, 2.24) is 37.9 Å². The third kappa shape index (κ3) is 38.0. The minimum Gasteiger partial charge on any atom is -0.484 e. The van der Waals surface area contributed by atoms with E-state index in [2.05, 4.69) is 99.5 Å². The average Bonchev–Trinajstić information content (AvgIpc) is 1.69. The first-order valence-electron chi connectivity index (χ1n) is 38.7. The molecule has 14 rings (SSSR count). The van der Waals surface area contributed by atoms with Crippen LogP contribution in [0.3, 0.4) is 0 Å². The number of amides is 9. The maximum absolute atomic E-state index is 13.4. The molecule has 0 fully saturated rings. The Bertz CT molecular complexity index is 6450. The standard InChI is InChI=1S/C15H15N3O3.C14H13ClN2O3.C14H11FN4O5.C13H12N2O2.C12H9BrN2O2.C12H10N2O2S.C11H7FN2O4/c1-10-6-7-14(21-10)9-16-18-15(20)12-4-3-5-13(8-12)17-11(2)19;1-10-5-6-13(20-10)8-16-17-14(18)9-19-12-4-2-3-11(15)7-12;15-11-4-2-1-3-10(11)14(21)16-8-12(20)18-17-7-9-5-6-13(24-9)19(22)23;1-10-4-6-11(7-5-10)13(16)15-14-9-12-3-2-8-17-12;13-10-4-1-3-9(7-10)12(16)15-14-8-11-5-2-6-17-11;15-12(11-6-3-9-17-11)14-13-7-1-4-10-5-2-8-16-10;12-7-3-1-2-4-8(7)13-11(15)9-5-6-10(18-9)14(16)17/h3-9H,1-2H3,(H,17,19)(H,18,20);2-8H,9H2,1H3,(H,17,18);1-7H,8H2,(H,16,21)(H,18,20);2-9H,1H3,(H,15,16);1-8H,(H,15,16);1-9H,(H,14,15);1-6H,(H,13,15)/b16-9+;16-8+;17-7+;14-9-;14-8+;4-1-,13-7+;. The lowest BCUT2D eigenvalue weighted by Gasteiger charge is -2.04. The summed E-state index contributed by atoms with van der Waals surface area (Å²) in [5, 5.41) is 52.7. The highest BCUT2D eigenvalue weighted by Gasteiger charge is 2.20. The first-order chi connectivity index (χ1) is 64.6. The number of nitrogens with one attached hydrogen (secondary N) is 9. The van der Waals surface area contributed by atoms with Gasteiger partial charge in [0.1, 0.15) is 67.6 Å². The molecule has 0 aliphatic rings. The molecule has 0 atom stereocenters. The van der Waals surface area contributed by atoms with E-state index in [0.29, 0.717) is 61.1 Å². The van der Waals surface area contributed by atoms with Crippen LogP contribution in [0.4, 0.5) is 31.9 Å². The van der Waals surface area contributed by atoms with Crippen molar-refractivity contribution in [2.24, 2.45) is 30.6 Å². The van der Waals surface area contributed by atoms with Crippen LogP contribution in [0.2, 0.25) is 5.02 Å². The van der Waals surface area contributed by atoms with E-state index >= 15 is 0 Å². The average molecular weight is 1930 g/mol. The molecule has 0 aliphatic carbocycles. The number of carbonyl (C=O) groups is 9. The van der Waals surface area contributed by atoms with E-state index in [1.54, 1.807) is 164 Å². The van der Waals surface area contributed by atoms with Crippen LogP contribution in [-0.2, 0) is 14.4 Å². The minimum atomic E-state index is -0.764. The number of hydrazone groups is 6. The molecule has 8 aromatic heterocycles. The van der Waals surface area contributed by atoms with Gasteiger partial charge in [-0.1, -0.05) is 93.8 Å². The summed E-state index contributed by atoms with van der Waals surface area (Å²) in [5.41, 5.74) is 17.1. The Morgan fingerprint density at radius 1 is 0.463 bits per heavy atom. The van der Waals surface area contributed by atoms with Crippen LogP contribution in [0.1, 0.15) is 120 Å². The molecule has 9 amide bonds. The number of nitro groups is 2. The first-order valence-corrected chi connectivity index (χ1v) is 40.7. The van der Waals surface area contributed by atoms with Crippen LogP contribution in [-0.4, -0.2) is 113 Å². The van der Waals surface area contributed by atoms with E-state index in [0.717, 1.165) is 57.8 Å². The number of halogens is 4. The Morgan fingerprint density at radius 3 is 1.52 bits per heavy atom.